The van der Waals surface area contributed by atoms with E-state index in [9.17, 15) is 14.7 Å². The number of hydrogen-bond acceptors (Lipinski definition) is 3. The van der Waals surface area contributed by atoms with Gasteiger partial charge in [0.15, 0.2) is 0 Å². The van der Waals surface area contributed by atoms with Gasteiger partial charge < -0.3 is 15.3 Å². The predicted molar refractivity (Wildman–Crippen MR) is 97.7 cm³/mol. The second-order valence-electron chi connectivity index (χ2n) is 6.62. The molecule has 1 atom stereocenters. The standard InChI is InChI=1S/C20H19N3O3/c1-12-6-8-13(9-7-12)18-17-16(22(2)20(26)21-18)11-23(19(17)25)14-4-3-5-15(24)10-14/h3-10,18,24H,11H2,1-2H3,(H,21,26)/t18-/m0/s1. The van der Waals surface area contributed by atoms with Crippen molar-refractivity contribution in [2.24, 2.45) is 0 Å². The minimum atomic E-state index is -0.482. The molecule has 3 amide bonds. The maximum Gasteiger partial charge on any atom is 0.322 e. The lowest BCUT2D eigenvalue weighted by molar-refractivity contribution is -0.114. The molecule has 2 heterocycles. The van der Waals surface area contributed by atoms with Gasteiger partial charge in [-0.1, -0.05) is 35.9 Å². The SMILES string of the molecule is Cc1ccc([C@@H]2NC(=O)N(C)C3=C2C(=O)N(c2cccc(O)c2)C3)cc1. The van der Waals surface area contributed by atoms with Crippen molar-refractivity contribution in [3.05, 3.63) is 70.9 Å². The van der Waals surface area contributed by atoms with Crippen LogP contribution in [-0.2, 0) is 4.79 Å². The van der Waals surface area contributed by atoms with E-state index in [2.05, 4.69) is 5.32 Å². The number of rotatable bonds is 2. The van der Waals surface area contributed by atoms with Crippen LogP contribution in [0.3, 0.4) is 0 Å². The second-order valence-corrected chi connectivity index (χ2v) is 6.62. The molecule has 2 aromatic carbocycles. The number of nitrogens with one attached hydrogen (secondary N) is 1. The van der Waals surface area contributed by atoms with E-state index in [1.165, 1.54) is 4.90 Å². The van der Waals surface area contributed by atoms with Crippen LogP contribution in [0.5, 0.6) is 5.75 Å². The third-order valence-electron chi connectivity index (χ3n) is 4.91. The van der Waals surface area contributed by atoms with Crippen LogP contribution in [0.4, 0.5) is 10.5 Å². The van der Waals surface area contributed by atoms with Crippen LogP contribution in [0.1, 0.15) is 17.2 Å². The largest absolute Gasteiger partial charge is 0.508 e. The summed E-state index contributed by atoms with van der Waals surface area (Å²) in [6.07, 6.45) is 0. The average Bonchev–Trinajstić information content (AvgIpc) is 2.97. The zero-order valence-corrected chi connectivity index (χ0v) is 14.6. The van der Waals surface area contributed by atoms with Crippen molar-refractivity contribution in [3.8, 4) is 5.75 Å². The number of aryl methyl sites for hydroxylation is 1. The van der Waals surface area contributed by atoms with Crippen LogP contribution >= 0.6 is 0 Å². The van der Waals surface area contributed by atoms with Gasteiger partial charge in [-0.25, -0.2) is 4.79 Å². The Morgan fingerprint density at radius 3 is 2.54 bits per heavy atom. The quantitative estimate of drug-likeness (QED) is 0.876. The Morgan fingerprint density at radius 2 is 1.85 bits per heavy atom. The maximum absolute atomic E-state index is 13.2. The molecular weight excluding hydrogens is 330 g/mol. The van der Waals surface area contributed by atoms with Crippen LogP contribution in [0.2, 0.25) is 0 Å². The van der Waals surface area contributed by atoms with Gasteiger partial charge in [-0.2, -0.15) is 0 Å². The first kappa shape index (κ1) is 16.2. The van der Waals surface area contributed by atoms with Crippen LogP contribution < -0.4 is 10.2 Å². The highest BCUT2D eigenvalue weighted by Crippen LogP contribution is 2.38. The molecule has 0 fully saturated rings. The summed E-state index contributed by atoms with van der Waals surface area (Å²) in [5, 5.41) is 12.7. The maximum atomic E-state index is 13.2. The highest BCUT2D eigenvalue weighted by molar-refractivity contribution is 6.11. The summed E-state index contributed by atoms with van der Waals surface area (Å²) in [6, 6.07) is 13.6. The Morgan fingerprint density at radius 1 is 1.12 bits per heavy atom. The first-order valence-electron chi connectivity index (χ1n) is 8.40. The van der Waals surface area contributed by atoms with Crippen LogP contribution in [0.15, 0.2) is 59.8 Å². The van der Waals surface area contributed by atoms with Crippen LogP contribution in [0, 0.1) is 6.92 Å². The fourth-order valence-electron chi connectivity index (χ4n) is 3.45. The molecule has 0 aliphatic carbocycles. The van der Waals surface area contributed by atoms with Gasteiger partial charge in [-0.15, -0.1) is 0 Å². The summed E-state index contributed by atoms with van der Waals surface area (Å²) in [7, 11) is 1.66. The summed E-state index contributed by atoms with van der Waals surface area (Å²) in [6.45, 7) is 2.29. The monoisotopic (exact) mass is 349 g/mol. The van der Waals surface area contributed by atoms with Crippen LogP contribution in [-0.4, -0.2) is 35.5 Å². The highest BCUT2D eigenvalue weighted by Gasteiger charge is 2.43. The number of anilines is 1. The van der Waals surface area contributed by atoms with Gasteiger partial charge >= 0.3 is 6.03 Å². The Hall–Kier alpha value is -3.28. The van der Waals surface area contributed by atoms with E-state index in [4.69, 9.17) is 0 Å². The van der Waals surface area contributed by atoms with Crippen molar-refractivity contribution >= 4 is 17.6 Å². The van der Waals surface area contributed by atoms with Crippen molar-refractivity contribution < 1.29 is 14.7 Å². The van der Waals surface area contributed by atoms with E-state index in [0.717, 1.165) is 11.1 Å². The van der Waals surface area contributed by atoms with E-state index in [0.29, 0.717) is 23.5 Å². The number of hydrogen-bond donors (Lipinski definition) is 2. The molecule has 2 aliphatic heterocycles. The number of aromatic hydroxyl groups is 1. The summed E-state index contributed by atoms with van der Waals surface area (Å²) >= 11 is 0. The van der Waals surface area contributed by atoms with Gasteiger partial charge in [0.1, 0.15) is 5.75 Å². The summed E-state index contributed by atoms with van der Waals surface area (Å²) in [5.74, 6) is -0.0687. The lowest BCUT2D eigenvalue weighted by atomic mass is 9.95. The third-order valence-corrected chi connectivity index (χ3v) is 4.91. The molecule has 0 saturated carbocycles. The molecule has 4 rings (SSSR count). The number of benzene rings is 2. The van der Waals surface area contributed by atoms with E-state index < -0.39 is 6.04 Å². The Kier molecular flexibility index (Phi) is 3.68. The fourth-order valence-corrected chi connectivity index (χ4v) is 3.45. The molecule has 0 radical (unpaired) electrons. The lowest BCUT2D eigenvalue weighted by Crippen LogP contribution is -2.45. The molecular formula is C20H19N3O3. The Bertz CT molecular complexity index is 934. The van der Waals surface area contributed by atoms with Crippen molar-refractivity contribution in [1.82, 2.24) is 10.2 Å². The van der Waals surface area contributed by atoms with Gasteiger partial charge in [-0.05, 0) is 24.6 Å². The normalized spacial score (nSPS) is 19.7. The summed E-state index contributed by atoms with van der Waals surface area (Å²) in [4.78, 5) is 28.6. The molecule has 0 spiro atoms. The molecule has 26 heavy (non-hydrogen) atoms. The topological polar surface area (TPSA) is 72.9 Å². The van der Waals surface area contributed by atoms with E-state index in [1.54, 1.807) is 36.2 Å². The zero-order chi connectivity index (χ0) is 18.4. The van der Waals surface area contributed by atoms with Gasteiger partial charge in [-0.3, -0.25) is 9.69 Å². The number of carbonyl (C=O) groups excluding carboxylic acids is 2. The second kappa shape index (κ2) is 5.91. The van der Waals surface area contributed by atoms with Gasteiger partial charge in [0.2, 0.25) is 0 Å². The highest BCUT2D eigenvalue weighted by atomic mass is 16.3. The van der Waals surface area contributed by atoms with E-state index in [-0.39, 0.29) is 17.7 Å². The first-order valence-corrected chi connectivity index (χ1v) is 8.40. The molecule has 0 saturated heterocycles. The smallest absolute Gasteiger partial charge is 0.322 e. The predicted octanol–water partition coefficient (Wildman–Crippen LogP) is 2.70. The summed E-state index contributed by atoms with van der Waals surface area (Å²) < 4.78 is 0. The number of phenolic OH excluding ortho intramolecular Hbond substituents is 1. The molecule has 0 unspecified atom stereocenters. The van der Waals surface area contributed by atoms with Gasteiger partial charge in [0.05, 0.1) is 23.9 Å². The van der Waals surface area contributed by atoms with Crippen molar-refractivity contribution in [3.63, 3.8) is 0 Å². The minimum Gasteiger partial charge on any atom is -0.508 e. The van der Waals surface area contributed by atoms with Crippen LogP contribution in [0.25, 0.3) is 0 Å². The number of carbonyl (C=O) groups is 2. The number of urea groups is 1. The van der Waals surface area contributed by atoms with E-state index >= 15 is 0 Å². The number of phenols is 1. The average molecular weight is 349 g/mol. The molecule has 2 N–H and O–H groups in total. The molecule has 0 aromatic heterocycles. The Balaban J connectivity index is 1.76. The Labute approximate surface area is 151 Å². The number of nitrogens with zero attached hydrogens (tertiary/aromatic N) is 2. The molecule has 132 valence electrons. The number of amides is 3. The lowest BCUT2D eigenvalue weighted by Gasteiger charge is -2.31. The van der Waals surface area contributed by atoms with Crippen molar-refractivity contribution in [2.45, 2.75) is 13.0 Å². The molecule has 6 nitrogen and oxygen atoms in total. The number of likely N-dealkylation sites (N-methyl/N-ethyl adjacent to an activating group) is 1. The molecule has 0 bridgehead atoms. The van der Waals surface area contributed by atoms with Gasteiger partial charge in [0.25, 0.3) is 5.91 Å². The molecule has 2 aliphatic rings. The minimum absolute atomic E-state index is 0.0952. The summed E-state index contributed by atoms with van der Waals surface area (Å²) in [5.41, 5.74) is 3.84. The van der Waals surface area contributed by atoms with Gasteiger partial charge in [0, 0.05) is 18.8 Å². The molecule has 2 aromatic rings. The third kappa shape index (κ3) is 2.50. The molecule has 6 heteroatoms. The zero-order valence-electron chi connectivity index (χ0n) is 14.6. The van der Waals surface area contributed by atoms with E-state index in [1.807, 2.05) is 31.2 Å². The van der Waals surface area contributed by atoms with Crippen molar-refractivity contribution in [1.29, 1.82) is 0 Å². The fraction of sp³-hybridized carbons (Fsp3) is 0.200. The first-order chi connectivity index (χ1) is 12.5. The van der Waals surface area contributed by atoms with Crippen molar-refractivity contribution in [2.75, 3.05) is 18.5 Å².